The van der Waals surface area contributed by atoms with Crippen LogP contribution in [-0.2, 0) is 4.79 Å². The van der Waals surface area contributed by atoms with E-state index < -0.39 is 0 Å². The summed E-state index contributed by atoms with van der Waals surface area (Å²) >= 11 is 0. The van der Waals surface area contributed by atoms with Crippen molar-refractivity contribution in [3.63, 3.8) is 0 Å². The highest BCUT2D eigenvalue weighted by atomic mass is 16.3. The molecule has 1 fully saturated rings. The zero-order chi connectivity index (χ0) is 7.56. The van der Waals surface area contributed by atoms with E-state index in [9.17, 15) is 9.90 Å². The van der Waals surface area contributed by atoms with Gasteiger partial charge in [-0.25, -0.2) is 0 Å². The Hall–Kier alpha value is -0.570. The molecule has 0 spiro atoms. The van der Waals surface area contributed by atoms with Crippen molar-refractivity contribution in [1.29, 1.82) is 0 Å². The van der Waals surface area contributed by atoms with Crippen LogP contribution in [-0.4, -0.2) is 23.7 Å². The summed E-state index contributed by atoms with van der Waals surface area (Å²) in [5.41, 5.74) is 0. The van der Waals surface area contributed by atoms with Crippen LogP contribution in [0.5, 0.6) is 0 Å². The Labute approximate surface area is 60.4 Å². The highest BCUT2D eigenvalue weighted by Crippen LogP contribution is 2.15. The summed E-state index contributed by atoms with van der Waals surface area (Å²) in [5.74, 6) is 0.218. The minimum Gasteiger partial charge on any atom is -0.393 e. The van der Waals surface area contributed by atoms with E-state index in [0.717, 1.165) is 6.42 Å². The molecule has 0 unspecified atom stereocenters. The van der Waals surface area contributed by atoms with Crippen LogP contribution in [0.4, 0.5) is 0 Å². The highest BCUT2D eigenvalue weighted by Gasteiger charge is 2.26. The van der Waals surface area contributed by atoms with Crippen molar-refractivity contribution in [2.45, 2.75) is 25.9 Å². The van der Waals surface area contributed by atoms with Crippen LogP contribution < -0.4 is 5.32 Å². The number of rotatable bonds is 2. The smallest absolute Gasteiger partial charge is 0.220 e. The van der Waals surface area contributed by atoms with E-state index in [1.165, 1.54) is 0 Å². The maximum absolute atomic E-state index is 10.7. The van der Waals surface area contributed by atoms with Gasteiger partial charge in [0, 0.05) is 18.9 Å². The van der Waals surface area contributed by atoms with Gasteiger partial charge in [-0.2, -0.15) is 0 Å². The number of aliphatic hydroxyl groups excluding tert-OH is 1. The summed E-state index contributed by atoms with van der Waals surface area (Å²) in [7, 11) is 0. The minimum absolute atomic E-state index is 0.0671. The lowest BCUT2D eigenvalue weighted by molar-refractivity contribution is -0.119. The van der Waals surface area contributed by atoms with Crippen LogP contribution in [0.15, 0.2) is 0 Å². The van der Waals surface area contributed by atoms with E-state index in [0.29, 0.717) is 13.0 Å². The Balaban J connectivity index is 2.36. The van der Waals surface area contributed by atoms with Gasteiger partial charge < -0.3 is 10.4 Å². The van der Waals surface area contributed by atoms with Crippen molar-refractivity contribution in [1.82, 2.24) is 5.32 Å². The molecule has 2 N–H and O–H groups in total. The largest absolute Gasteiger partial charge is 0.393 e. The molecule has 1 saturated heterocycles. The molecule has 10 heavy (non-hydrogen) atoms. The van der Waals surface area contributed by atoms with E-state index in [4.69, 9.17) is 0 Å². The van der Waals surface area contributed by atoms with Gasteiger partial charge in [0.1, 0.15) is 0 Å². The van der Waals surface area contributed by atoms with Crippen molar-refractivity contribution >= 4 is 5.91 Å². The van der Waals surface area contributed by atoms with Crippen LogP contribution in [0, 0.1) is 5.92 Å². The fourth-order valence-corrected chi connectivity index (χ4v) is 1.23. The first-order chi connectivity index (χ1) is 4.74. The number of nitrogens with one attached hydrogen (secondary N) is 1. The van der Waals surface area contributed by atoms with Gasteiger partial charge in [0.05, 0.1) is 6.10 Å². The van der Waals surface area contributed by atoms with E-state index in [1.54, 1.807) is 0 Å². The standard InChI is InChI=1S/C7H13NO2/c1-2-6(9)5-3-7(10)8-4-5/h5-6,9H,2-4H2,1H3,(H,8,10)/t5-,6-/m0/s1. The second kappa shape index (κ2) is 3.01. The second-order valence-electron chi connectivity index (χ2n) is 2.74. The zero-order valence-corrected chi connectivity index (χ0v) is 6.13. The molecule has 0 aromatic heterocycles. The van der Waals surface area contributed by atoms with Gasteiger partial charge in [-0.1, -0.05) is 6.92 Å². The lowest BCUT2D eigenvalue weighted by Crippen LogP contribution is -2.21. The van der Waals surface area contributed by atoms with Crippen molar-refractivity contribution in [2.24, 2.45) is 5.92 Å². The molecule has 3 heteroatoms. The van der Waals surface area contributed by atoms with Crippen molar-refractivity contribution in [2.75, 3.05) is 6.54 Å². The molecule has 0 saturated carbocycles. The quantitative estimate of drug-likeness (QED) is 0.566. The number of carbonyl (C=O) groups excluding carboxylic acids is 1. The lowest BCUT2D eigenvalue weighted by atomic mass is 10.00. The first-order valence-electron chi connectivity index (χ1n) is 3.68. The highest BCUT2D eigenvalue weighted by molar-refractivity contribution is 5.78. The predicted octanol–water partition coefficient (Wildman–Crippen LogP) is -0.107. The van der Waals surface area contributed by atoms with Gasteiger partial charge in [0.2, 0.25) is 5.91 Å². The molecule has 0 aliphatic carbocycles. The molecule has 3 nitrogen and oxygen atoms in total. The SMILES string of the molecule is CC[C@H](O)[C@@H]1CNC(=O)C1. The third-order valence-corrected chi connectivity index (χ3v) is 1.97. The summed E-state index contributed by atoms with van der Waals surface area (Å²) in [4.78, 5) is 10.7. The van der Waals surface area contributed by atoms with E-state index in [2.05, 4.69) is 5.32 Å². The monoisotopic (exact) mass is 143 g/mol. The molecular formula is C7H13NO2. The normalized spacial score (nSPS) is 28.2. The fraction of sp³-hybridized carbons (Fsp3) is 0.857. The summed E-state index contributed by atoms with van der Waals surface area (Å²) in [5, 5.41) is 12.0. The summed E-state index contributed by atoms with van der Waals surface area (Å²) in [6.07, 6.45) is 0.924. The topological polar surface area (TPSA) is 49.3 Å². The second-order valence-corrected chi connectivity index (χ2v) is 2.74. The summed E-state index contributed by atoms with van der Waals surface area (Å²) < 4.78 is 0. The molecule has 0 aromatic carbocycles. The van der Waals surface area contributed by atoms with Crippen LogP contribution in [0.25, 0.3) is 0 Å². The molecular weight excluding hydrogens is 130 g/mol. The Morgan fingerprint density at radius 3 is 3.00 bits per heavy atom. The van der Waals surface area contributed by atoms with Crippen LogP contribution in [0.3, 0.4) is 0 Å². The number of hydrogen-bond acceptors (Lipinski definition) is 2. The third-order valence-electron chi connectivity index (χ3n) is 1.97. The van der Waals surface area contributed by atoms with Crippen molar-refractivity contribution in [3.8, 4) is 0 Å². The number of amides is 1. The number of carbonyl (C=O) groups is 1. The van der Waals surface area contributed by atoms with Crippen molar-refractivity contribution in [3.05, 3.63) is 0 Å². The Bertz CT molecular complexity index is 136. The molecule has 1 aliphatic heterocycles. The zero-order valence-electron chi connectivity index (χ0n) is 6.13. The molecule has 1 rings (SSSR count). The molecule has 2 atom stereocenters. The maximum atomic E-state index is 10.7. The van der Waals surface area contributed by atoms with Crippen LogP contribution in [0.2, 0.25) is 0 Å². The van der Waals surface area contributed by atoms with Gasteiger partial charge in [-0.15, -0.1) is 0 Å². The Morgan fingerprint density at radius 2 is 2.60 bits per heavy atom. The maximum Gasteiger partial charge on any atom is 0.220 e. The van der Waals surface area contributed by atoms with Gasteiger partial charge in [0.25, 0.3) is 0 Å². The van der Waals surface area contributed by atoms with Crippen molar-refractivity contribution < 1.29 is 9.90 Å². The van der Waals surface area contributed by atoms with E-state index in [1.807, 2.05) is 6.92 Å². The van der Waals surface area contributed by atoms with Gasteiger partial charge in [-0.05, 0) is 6.42 Å². The lowest BCUT2D eigenvalue weighted by Gasteiger charge is -2.12. The molecule has 1 aliphatic rings. The summed E-state index contributed by atoms with van der Waals surface area (Å²) in [6.45, 7) is 2.57. The minimum atomic E-state index is -0.307. The van der Waals surface area contributed by atoms with E-state index >= 15 is 0 Å². The van der Waals surface area contributed by atoms with Gasteiger partial charge in [0.15, 0.2) is 0 Å². The third kappa shape index (κ3) is 1.48. The average Bonchev–Trinajstić information content (AvgIpc) is 2.34. The number of hydrogen-bond donors (Lipinski definition) is 2. The number of aliphatic hydroxyl groups is 1. The van der Waals surface area contributed by atoms with Gasteiger partial charge >= 0.3 is 0 Å². The molecule has 1 heterocycles. The summed E-state index contributed by atoms with van der Waals surface area (Å²) in [6, 6.07) is 0. The molecule has 1 amide bonds. The molecule has 0 bridgehead atoms. The fourth-order valence-electron chi connectivity index (χ4n) is 1.23. The first kappa shape index (κ1) is 7.54. The predicted molar refractivity (Wildman–Crippen MR) is 37.4 cm³/mol. The first-order valence-corrected chi connectivity index (χ1v) is 3.68. The van der Waals surface area contributed by atoms with E-state index in [-0.39, 0.29) is 17.9 Å². The molecule has 0 aromatic rings. The van der Waals surface area contributed by atoms with Gasteiger partial charge in [-0.3, -0.25) is 4.79 Å². The molecule has 0 radical (unpaired) electrons. The average molecular weight is 143 g/mol. The van der Waals surface area contributed by atoms with Crippen LogP contribution >= 0.6 is 0 Å². The van der Waals surface area contributed by atoms with Crippen LogP contribution in [0.1, 0.15) is 19.8 Å². The Morgan fingerprint density at radius 1 is 1.90 bits per heavy atom. The molecule has 58 valence electrons. The Kier molecular flexibility index (Phi) is 2.27.